The monoisotopic (exact) mass is 385 g/mol. The van der Waals surface area contributed by atoms with Crippen molar-refractivity contribution in [1.29, 1.82) is 0 Å². The van der Waals surface area contributed by atoms with Crippen LogP contribution in [0.25, 0.3) is 16.9 Å². The van der Waals surface area contributed by atoms with Gasteiger partial charge in [0.1, 0.15) is 11.8 Å². The van der Waals surface area contributed by atoms with Crippen molar-refractivity contribution in [3.05, 3.63) is 52.9 Å². The largest absolute Gasteiger partial charge is 0.421 e. The highest BCUT2D eigenvalue weighted by Gasteiger charge is 2.51. The number of benzene rings is 1. The zero-order valence-electron chi connectivity index (χ0n) is 11.8. The van der Waals surface area contributed by atoms with Crippen LogP contribution in [0, 0.1) is 0 Å². The molecule has 3 rings (SSSR count). The van der Waals surface area contributed by atoms with Gasteiger partial charge in [0.15, 0.2) is 11.2 Å². The molecule has 0 bridgehead atoms. The lowest BCUT2D eigenvalue weighted by molar-refractivity contribution is -0.258. The maximum Gasteiger partial charge on any atom is 0.421 e. The third kappa shape index (κ3) is 2.72. The fourth-order valence-corrected chi connectivity index (χ4v) is 2.53. The quantitative estimate of drug-likeness (QED) is 0.726. The average Bonchev–Trinajstić information content (AvgIpc) is 2.89. The van der Waals surface area contributed by atoms with Crippen LogP contribution in [0.1, 0.15) is 12.5 Å². The molecule has 0 amide bonds. The van der Waals surface area contributed by atoms with Crippen LogP contribution in [0.15, 0.2) is 47.3 Å². The fourth-order valence-electron chi connectivity index (χ4n) is 2.15. The van der Waals surface area contributed by atoms with Crippen LogP contribution in [-0.4, -0.2) is 25.8 Å². The molecule has 0 saturated heterocycles. The SMILES string of the molecule is CC(O)(c1cnc2c(c1)ncn2-c1cccc(Br)c1)C(F)(F)F. The molecule has 2 heterocycles. The number of nitrogens with zero attached hydrogens (tertiary/aromatic N) is 3. The zero-order chi connectivity index (χ0) is 16.8. The Hall–Kier alpha value is -1.93. The minimum absolute atomic E-state index is 0.270. The maximum absolute atomic E-state index is 12.9. The average molecular weight is 386 g/mol. The number of aromatic nitrogens is 3. The first-order valence-electron chi connectivity index (χ1n) is 6.59. The van der Waals surface area contributed by atoms with E-state index in [1.54, 1.807) is 4.57 Å². The smallest absolute Gasteiger partial charge is 0.376 e. The number of fused-ring (bicyclic) bond motifs is 1. The van der Waals surface area contributed by atoms with E-state index in [4.69, 9.17) is 0 Å². The van der Waals surface area contributed by atoms with Gasteiger partial charge in [0.05, 0.1) is 0 Å². The molecule has 0 aliphatic carbocycles. The van der Waals surface area contributed by atoms with E-state index in [0.29, 0.717) is 12.6 Å². The van der Waals surface area contributed by atoms with Gasteiger partial charge < -0.3 is 5.11 Å². The lowest BCUT2D eigenvalue weighted by atomic mass is 9.97. The van der Waals surface area contributed by atoms with Crippen molar-refractivity contribution in [2.45, 2.75) is 18.7 Å². The summed E-state index contributed by atoms with van der Waals surface area (Å²) >= 11 is 3.36. The van der Waals surface area contributed by atoms with Gasteiger partial charge in [-0.25, -0.2) is 9.97 Å². The molecule has 2 aromatic heterocycles. The van der Waals surface area contributed by atoms with Crippen LogP contribution in [0.2, 0.25) is 0 Å². The summed E-state index contributed by atoms with van der Waals surface area (Å²) in [4.78, 5) is 8.14. The number of hydrogen-bond donors (Lipinski definition) is 1. The van der Waals surface area contributed by atoms with Crippen LogP contribution in [0.3, 0.4) is 0 Å². The summed E-state index contributed by atoms with van der Waals surface area (Å²) in [7, 11) is 0. The lowest BCUT2D eigenvalue weighted by Crippen LogP contribution is -2.39. The first-order valence-corrected chi connectivity index (χ1v) is 7.38. The summed E-state index contributed by atoms with van der Waals surface area (Å²) in [6, 6.07) is 8.54. The molecule has 4 nitrogen and oxygen atoms in total. The highest BCUT2D eigenvalue weighted by molar-refractivity contribution is 9.10. The Bertz CT molecular complexity index is 874. The summed E-state index contributed by atoms with van der Waals surface area (Å²) in [5, 5.41) is 9.74. The van der Waals surface area contributed by atoms with E-state index < -0.39 is 11.8 Å². The minimum Gasteiger partial charge on any atom is -0.376 e. The summed E-state index contributed by atoms with van der Waals surface area (Å²) in [5.74, 6) is 0. The van der Waals surface area contributed by atoms with E-state index in [0.717, 1.165) is 16.4 Å². The number of imidazole rings is 1. The summed E-state index contributed by atoms with van der Waals surface area (Å²) in [5.41, 5.74) is -1.88. The Balaban J connectivity index is 2.11. The van der Waals surface area contributed by atoms with Crippen molar-refractivity contribution in [2.75, 3.05) is 0 Å². The number of rotatable bonds is 2. The molecule has 1 unspecified atom stereocenters. The van der Waals surface area contributed by atoms with Gasteiger partial charge in [-0.2, -0.15) is 13.2 Å². The molecule has 0 aliphatic rings. The molecule has 1 atom stereocenters. The molecule has 0 fully saturated rings. The Labute approximate surface area is 137 Å². The van der Waals surface area contributed by atoms with Crippen LogP contribution < -0.4 is 0 Å². The predicted molar refractivity (Wildman–Crippen MR) is 82.2 cm³/mol. The summed E-state index contributed by atoms with van der Waals surface area (Å²) in [6.45, 7) is 0.696. The van der Waals surface area contributed by atoms with Crippen LogP contribution >= 0.6 is 15.9 Å². The van der Waals surface area contributed by atoms with Gasteiger partial charge in [-0.1, -0.05) is 22.0 Å². The van der Waals surface area contributed by atoms with Crippen molar-refractivity contribution >= 4 is 27.1 Å². The topological polar surface area (TPSA) is 50.9 Å². The molecule has 0 radical (unpaired) electrons. The second kappa shape index (κ2) is 5.31. The minimum atomic E-state index is -4.80. The van der Waals surface area contributed by atoms with Crippen molar-refractivity contribution in [1.82, 2.24) is 14.5 Å². The number of halogens is 4. The van der Waals surface area contributed by atoms with Crippen LogP contribution in [-0.2, 0) is 5.60 Å². The van der Waals surface area contributed by atoms with E-state index in [2.05, 4.69) is 25.9 Å². The van der Waals surface area contributed by atoms with Crippen molar-refractivity contribution in [2.24, 2.45) is 0 Å². The first kappa shape index (κ1) is 15.9. The Morgan fingerprint density at radius 1 is 1.17 bits per heavy atom. The standard InChI is InChI=1S/C15H11BrF3N3O/c1-14(23,15(17,18)19)9-5-12-13(20-7-9)22(8-21-12)11-4-2-3-10(16)6-11/h2-8,23H,1H3. The predicted octanol–water partition coefficient (Wildman–Crippen LogP) is 3.95. The van der Waals surface area contributed by atoms with Gasteiger partial charge in [-0.05, 0) is 31.2 Å². The highest BCUT2D eigenvalue weighted by atomic mass is 79.9. The maximum atomic E-state index is 12.9. The molecular weight excluding hydrogens is 375 g/mol. The second-order valence-electron chi connectivity index (χ2n) is 5.23. The number of pyridine rings is 1. The number of aliphatic hydroxyl groups is 1. The lowest BCUT2D eigenvalue weighted by Gasteiger charge is -2.26. The van der Waals surface area contributed by atoms with Crippen molar-refractivity contribution in [3.63, 3.8) is 0 Å². The van der Waals surface area contributed by atoms with Gasteiger partial charge >= 0.3 is 6.18 Å². The molecule has 120 valence electrons. The highest BCUT2D eigenvalue weighted by Crippen LogP contribution is 2.38. The molecule has 1 aromatic carbocycles. The van der Waals surface area contributed by atoms with E-state index in [1.807, 2.05) is 24.3 Å². The third-order valence-corrected chi connectivity index (χ3v) is 4.08. The molecule has 0 spiro atoms. The van der Waals surface area contributed by atoms with Crippen molar-refractivity contribution < 1.29 is 18.3 Å². The Morgan fingerprint density at radius 3 is 2.57 bits per heavy atom. The van der Waals surface area contributed by atoms with Gasteiger partial charge in [0.2, 0.25) is 0 Å². The Kier molecular flexibility index (Phi) is 3.68. The molecule has 0 aliphatic heterocycles. The van der Waals surface area contributed by atoms with Gasteiger partial charge in [0, 0.05) is 21.9 Å². The zero-order valence-corrected chi connectivity index (χ0v) is 13.4. The second-order valence-corrected chi connectivity index (χ2v) is 6.15. The van der Waals surface area contributed by atoms with Crippen LogP contribution in [0.4, 0.5) is 13.2 Å². The molecule has 8 heteroatoms. The Morgan fingerprint density at radius 2 is 1.91 bits per heavy atom. The summed E-state index contributed by atoms with van der Waals surface area (Å²) < 4.78 is 41.3. The number of alkyl halides is 3. The van der Waals surface area contributed by atoms with Crippen LogP contribution in [0.5, 0.6) is 0 Å². The van der Waals surface area contributed by atoms with E-state index >= 15 is 0 Å². The molecule has 3 aromatic rings. The number of hydrogen-bond acceptors (Lipinski definition) is 3. The van der Waals surface area contributed by atoms with E-state index in [9.17, 15) is 18.3 Å². The normalized spacial score (nSPS) is 14.9. The first-order chi connectivity index (χ1) is 10.7. The van der Waals surface area contributed by atoms with Gasteiger partial charge in [-0.3, -0.25) is 4.57 Å². The molecule has 23 heavy (non-hydrogen) atoms. The van der Waals surface area contributed by atoms with E-state index in [1.165, 1.54) is 12.4 Å². The third-order valence-electron chi connectivity index (χ3n) is 3.59. The summed E-state index contributed by atoms with van der Waals surface area (Å²) in [6.07, 6.45) is -2.30. The molecular formula is C15H11BrF3N3O. The fraction of sp³-hybridized carbons (Fsp3) is 0.200. The van der Waals surface area contributed by atoms with E-state index in [-0.39, 0.29) is 11.1 Å². The van der Waals surface area contributed by atoms with Crippen molar-refractivity contribution in [3.8, 4) is 5.69 Å². The van der Waals surface area contributed by atoms with Gasteiger partial charge in [-0.15, -0.1) is 0 Å². The molecule has 1 N–H and O–H groups in total. The van der Waals surface area contributed by atoms with Gasteiger partial charge in [0.25, 0.3) is 0 Å². The molecule has 0 saturated carbocycles.